The van der Waals surface area contributed by atoms with E-state index in [0.29, 0.717) is 0 Å². The standard InChI is InChI=1S/C15H14O7/c1-15(20)4-6-7(5-22-15)13(18)10-8(16)3-9(21-2)14(19)11(10)12(6)17/h3,16,19-20H,4-5H2,1-2H3/t15-/m1/s1. The number of fused-ring (bicyclic) bond motifs is 1. The summed E-state index contributed by atoms with van der Waals surface area (Å²) in [6.07, 6.45) is -0.177. The molecule has 3 rings (SSSR count). The number of phenolic OH excluding ortho intramolecular Hbond substituents is 2. The van der Waals surface area contributed by atoms with Crippen molar-refractivity contribution in [2.45, 2.75) is 19.1 Å². The van der Waals surface area contributed by atoms with E-state index in [1.807, 2.05) is 0 Å². The van der Waals surface area contributed by atoms with Crippen LogP contribution in [0.15, 0.2) is 17.2 Å². The quantitative estimate of drug-likeness (QED) is 0.661. The lowest BCUT2D eigenvalue weighted by Crippen LogP contribution is -2.39. The van der Waals surface area contributed by atoms with Crippen LogP contribution in [-0.2, 0) is 4.74 Å². The number of hydrogen-bond donors (Lipinski definition) is 3. The minimum atomic E-state index is -1.57. The van der Waals surface area contributed by atoms with Gasteiger partial charge in [-0.3, -0.25) is 9.59 Å². The molecule has 116 valence electrons. The molecule has 7 nitrogen and oxygen atoms in total. The highest BCUT2D eigenvalue weighted by Gasteiger charge is 2.43. The number of ketones is 2. The van der Waals surface area contributed by atoms with Gasteiger partial charge in [-0.25, -0.2) is 0 Å². The molecule has 0 saturated heterocycles. The molecular formula is C15H14O7. The average molecular weight is 306 g/mol. The first-order valence-electron chi connectivity index (χ1n) is 6.57. The van der Waals surface area contributed by atoms with Crippen molar-refractivity contribution in [1.29, 1.82) is 0 Å². The Hall–Kier alpha value is -2.38. The highest BCUT2D eigenvalue weighted by molar-refractivity contribution is 6.29. The van der Waals surface area contributed by atoms with Gasteiger partial charge in [0.2, 0.25) is 0 Å². The lowest BCUT2D eigenvalue weighted by atomic mass is 9.79. The van der Waals surface area contributed by atoms with E-state index in [0.717, 1.165) is 6.07 Å². The average Bonchev–Trinajstić information content (AvgIpc) is 2.45. The van der Waals surface area contributed by atoms with E-state index in [1.165, 1.54) is 14.0 Å². The fourth-order valence-electron chi connectivity index (χ4n) is 2.76. The predicted octanol–water partition coefficient (Wildman–Crippen LogP) is 0.911. The summed E-state index contributed by atoms with van der Waals surface area (Å²) < 4.78 is 10.0. The molecule has 1 heterocycles. The van der Waals surface area contributed by atoms with Gasteiger partial charge in [-0.2, -0.15) is 0 Å². The highest BCUT2D eigenvalue weighted by atomic mass is 16.6. The third-order valence-electron chi connectivity index (χ3n) is 3.86. The molecule has 22 heavy (non-hydrogen) atoms. The van der Waals surface area contributed by atoms with Crippen LogP contribution in [0.25, 0.3) is 0 Å². The molecule has 0 bridgehead atoms. The number of aliphatic hydroxyl groups is 1. The van der Waals surface area contributed by atoms with Gasteiger partial charge >= 0.3 is 0 Å². The number of benzene rings is 1. The Morgan fingerprint density at radius 3 is 2.45 bits per heavy atom. The lowest BCUT2D eigenvalue weighted by Gasteiger charge is -2.33. The first-order chi connectivity index (χ1) is 10.3. The molecule has 0 spiro atoms. The number of hydrogen-bond acceptors (Lipinski definition) is 7. The van der Waals surface area contributed by atoms with Gasteiger partial charge in [-0.15, -0.1) is 0 Å². The third kappa shape index (κ3) is 1.90. The molecule has 7 heteroatoms. The zero-order chi connectivity index (χ0) is 16.2. The molecule has 1 aliphatic carbocycles. The Balaban J connectivity index is 2.25. The van der Waals surface area contributed by atoms with Crippen molar-refractivity contribution in [1.82, 2.24) is 0 Å². The number of carbonyl (C=O) groups excluding carboxylic acids is 2. The first kappa shape index (κ1) is 14.6. The maximum atomic E-state index is 12.6. The Morgan fingerprint density at radius 1 is 1.18 bits per heavy atom. The summed E-state index contributed by atoms with van der Waals surface area (Å²) in [5.74, 6) is -3.86. The Labute approximate surface area is 125 Å². The molecule has 0 aromatic heterocycles. The SMILES string of the molecule is COc1cc(O)c2c(c1O)C(=O)C1=C(CO[C@@](C)(O)C1)C2=O. The van der Waals surface area contributed by atoms with Gasteiger partial charge in [0, 0.05) is 23.6 Å². The summed E-state index contributed by atoms with van der Waals surface area (Å²) in [4.78, 5) is 25.1. The number of ether oxygens (including phenoxy) is 2. The van der Waals surface area contributed by atoms with Crippen LogP contribution in [0.2, 0.25) is 0 Å². The lowest BCUT2D eigenvalue weighted by molar-refractivity contribution is -0.187. The molecule has 0 amide bonds. The predicted molar refractivity (Wildman–Crippen MR) is 73.2 cm³/mol. The van der Waals surface area contributed by atoms with E-state index in [4.69, 9.17) is 9.47 Å². The summed E-state index contributed by atoms with van der Waals surface area (Å²) in [7, 11) is 1.26. The molecule has 2 aliphatic rings. The van der Waals surface area contributed by atoms with Crippen LogP contribution in [0, 0.1) is 0 Å². The molecule has 0 saturated carbocycles. The molecule has 0 unspecified atom stereocenters. The number of methoxy groups -OCH3 is 1. The van der Waals surface area contributed by atoms with Gasteiger partial charge in [0.1, 0.15) is 5.75 Å². The Bertz CT molecular complexity index is 743. The van der Waals surface area contributed by atoms with E-state index >= 15 is 0 Å². The van der Waals surface area contributed by atoms with Crippen LogP contribution >= 0.6 is 0 Å². The smallest absolute Gasteiger partial charge is 0.196 e. The van der Waals surface area contributed by atoms with Gasteiger partial charge in [0.25, 0.3) is 0 Å². The monoisotopic (exact) mass is 306 g/mol. The number of rotatable bonds is 1. The van der Waals surface area contributed by atoms with Crippen molar-refractivity contribution in [3.63, 3.8) is 0 Å². The zero-order valence-corrected chi connectivity index (χ0v) is 12.0. The highest BCUT2D eigenvalue weighted by Crippen LogP contribution is 2.45. The number of aromatic hydroxyl groups is 2. The molecule has 1 aromatic carbocycles. The normalized spacial score (nSPS) is 24.1. The maximum Gasteiger partial charge on any atom is 0.196 e. The van der Waals surface area contributed by atoms with Crippen molar-refractivity contribution in [2.75, 3.05) is 13.7 Å². The number of phenols is 2. The fourth-order valence-corrected chi connectivity index (χ4v) is 2.76. The molecule has 3 N–H and O–H groups in total. The second kappa shape index (κ2) is 4.56. The molecule has 0 fully saturated rings. The van der Waals surface area contributed by atoms with E-state index in [-0.39, 0.29) is 41.1 Å². The van der Waals surface area contributed by atoms with Gasteiger partial charge in [0.15, 0.2) is 28.9 Å². The fraction of sp³-hybridized carbons (Fsp3) is 0.333. The summed E-state index contributed by atoms with van der Waals surface area (Å²) in [6.45, 7) is 1.14. The van der Waals surface area contributed by atoms with Crippen molar-refractivity contribution < 1.29 is 34.4 Å². The van der Waals surface area contributed by atoms with E-state index in [1.54, 1.807) is 0 Å². The van der Waals surface area contributed by atoms with E-state index < -0.39 is 28.9 Å². The van der Waals surface area contributed by atoms with Crippen molar-refractivity contribution >= 4 is 11.6 Å². The molecule has 1 aliphatic heterocycles. The number of carbonyl (C=O) groups is 2. The Kier molecular flexibility index (Phi) is 3.01. The van der Waals surface area contributed by atoms with Crippen LogP contribution in [0.1, 0.15) is 34.1 Å². The summed E-state index contributed by atoms with van der Waals surface area (Å²) in [5, 5.41) is 30.1. The van der Waals surface area contributed by atoms with Gasteiger partial charge < -0.3 is 24.8 Å². The van der Waals surface area contributed by atoms with Crippen LogP contribution in [0.3, 0.4) is 0 Å². The van der Waals surface area contributed by atoms with Gasteiger partial charge in [-0.1, -0.05) is 0 Å². The third-order valence-corrected chi connectivity index (χ3v) is 3.86. The van der Waals surface area contributed by atoms with Crippen LogP contribution in [0.5, 0.6) is 17.2 Å². The Morgan fingerprint density at radius 2 is 1.82 bits per heavy atom. The second-order valence-electron chi connectivity index (χ2n) is 5.45. The van der Waals surface area contributed by atoms with Crippen molar-refractivity contribution in [3.05, 3.63) is 28.3 Å². The van der Waals surface area contributed by atoms with Gasteiger partial charge in [0.05, 0.1) is 24.8 Å². The second-order valence-corrected chi connectivity index (χ2v) is 5.45. The summed E-state index contributed by atoms with van der Waals surface area (Å²) in [6, 6.07) is 1.07. The van der Waals surface area contributed by atoms with E-state index in [2.05, 4.69) is 0 Å². The number of Topliss-reactive ketones (excluding diaryl/α,β-unsaturated/α-hetero) is 2. The van der Waals surface area contributed by atoms with Gasteiger partial charge in [-0.05, 0) is 6.92 Å². The molecule has 0 radical (unpaired) electrons. The topological polar surface area (TPSA) is 113 Å². The molecule has 1 aromatic rings. The zero-order valence-electron chi connectivity index (χ0n) is 12.0. The van der Waals surface area contributed by atoms with Crippen LogP contribution in [-0.4, -0.2) is 46.4 Å². The summed E-state index contributed by atoms with van der Waals surface area (Å²) >= 11 is 0. The minimum Gasteiger partial charge on any atom is -0.507 e. The minimum absolute atomic E-state index is 0.0803. The van der Waals surface area contributed by atoms with Crippen LogP contribution in [0.4, 0.5) is 0 Å². The van der Waals surface area contributed by atoms with E-state index in [9.17, 15) is 24.9 Å². The van der Waals surface area contributed by atoms with Crippen LogP contribution < -0.4 is 4.74 Å². The van der Waals surface area contributed by atoms with Crippen molar-refractivity contribution in [2.24, 2.45) is 0 Å². The van der Waals surface area contributed by atoms with Crippen molar-refractivity contribution in [3.8, 4) is 17.2 Å². The largest absolute Gasteiger partial charge is 0.507 e. The maximum absolute atomic E-state index is 12.6. The summed E-state index contributed by atoms with van der Waals surface area (Å²) in [5.41, 5.74) is -0.411. The first-order valence-corrected chi connectivity index (χ1v) is 6.57. The molecule has 1 atom stereocenters. The molecular weight excluding hydrogens is 292 g/mol.